The molecular weight excluding hydrogens is 483 g/mol. The average Bonchev–Trinajstić information content (AvgIpc) is 3.59. The maximum atomic E-state index is 14.1. The number of aryl methyl sites for hydroxylation is 2. The van der Waals surface area contributed by atoms with E-state index in [4.69, 9.17) is 15.0 Å². The molecule has 2 aliphatic heterocycles. The van der Waals surface area contributed by atoms with Crippen LogP contribution in [0.25, 0.3) is 11.6 Å². The molecule has 0 spiro atoms. The van der Waals surface area contributed by atoms with Gasteiger partial charge >= 0.3 is 6.01 Å². The van der Waals surface area contributed by atoms with Crippen molar-refractivity contribution in [2.45, 2.75) is 69.5 Å². The Morgan fingerprint density at radius 3 is 2.94 bits per heavy atom. The van der Waals surface area contributed by atoms with E-state index in [1.807, 2.05) is 6.92 Å². The molecule has 10 nitrogen and oxygen atoms in total. The normalized spacial score (nSPS) is 27.6. The molecule has 2 N–H and O–H groups in total. The molecule has 36 heavy (non-hydrogen) atoms. The van der Waals surface area contributed by atoms with Gasteiger partial charge in [-0.2, -0.15) is 20.2 Å². The Morgan fingerprint density at radius 1 is 1.25 bits per heavy atom. The first-order valence-corrected chi connectivity index (χ1v) is 13.0. The third-order valence-corrected chi connectivity index (χ3v) is 8.89. The fourth-order valence-corrected chi connectivity index (χ4v) is 7.31. The largest absolute Gasteiger partial charge is 0.461 e. The Bertz CT molecular complexity index is 1370. The molecule has 3 aliphatic rings. The number of ether oxygens (including phenoxy) is 1. The predicted octanol–water partition coefficient (Wildman–Crippen LogP) is 3.34. The third kappa shape index (κ3) is 3.64. The predicted molar refractivity (Wildman–Crippen MR) is 129 cm³/mol. The summed E-state index contributed by atoms with van der Waals surface area (Å²) in [6.45, 7) is 5.43. The lowest BCUT2D eigenvalue weighted by molar-refractivity contribution is 0.107. The van der Waals surface area contributed by atoms with Crippen LogP contribution in [0, 0.1) is 18.3 Å². The molecule has 3 aromatic rings. The van der Waals surface area contributed by atoms with Gasteiger partial charge in [0, 0.05) is 23.4 Å². The number of nitrogen functional groups attached to an aromatic ring is 1. The van der Waals surface area contributed by atoms with Crippen LogP contribution in [0.2, 0.25) is 0 Å². The van der Waals surface area contributed by atoms with Gasteiger partial charge < -0.3 is 15.0 Å². The van der Waals surface area contributed by atoms with Crippen molar-refractivity contribution in [3.63, 3.8) is 0 Å². The summed E-state index contributed by atoms with van der Waals surface area (Å²) in [6, 6.07) is 2.42. The number of alkyl halides is 1. The van der Waals surface area contributed by atoms with E-state index in [2.05, 4.69) is 36.1 Å². The molecule has 2 fully saturated rings. The Balaban J connectivity index is 1.28. The average molecular weight is 511 g/mol. The first kappa shape index (κ1) is 23.2. The Morgan fingerprint density at radius 2 is 2.11 bits per heavy atom. The zero-order valence-electron chi connectivity index (χ0n) is 20.3. The van der Waals surface area contributed by atoms with Gasteiger partial charge in [0.15, 0.2) is 0 Å². The summed E-state index contributed by atoms with van der Waals surface area (Å²) in [5, 5.41) is 14.4. The molecular formula is C24H27FN8O2S. The Kier molecular flexibility index (Phi) is 5.46. The highest BCUT2D eigenvalue weighted by Gasteiger charge is 2.49. The van der Waals surface area contributed by atoms with Crippen molar-refractivity contribution < 1.29 is 13.7 Å². The Hall–Kier alpha value is -3.17. The smallest absolute Gasteiger partial charge is 0.320 e. The standard InChI is InChI=1S/C24H27FN8O2S/c1-13-28-19(31-22(29-13)34-12-24-7-4-8-33(24)11-14(25)9-24)20-30-21(35-32-20)23(2)6-3-5-16-17(23)15(10-26)18(27)36-16/h14H,3-9,11-12,27H2,1-2H3/t14-,23+,24?/m1/s1. The summed E-state index contributed by atoms with van der Waals surface area (Å²) in [5.41, 5.74) is 6.59. The summed E-state index contributed by atoms with van der Waals surface area (Å²) in [7, 11) is 0. The summed E-state index contributed by atoms with van der Waals surface area (Å²) < 4.78 is 25.8. The first-order chi connectivity index (χ1) is 17.3. The number of halogens is 1. The van der Waals surface area contributed by atoms with Gasteiger partial charge in [-0.15, -0.1) is 11.3 Å². The third-order valence-electron chi connectivity index (χ3n) is 7.81. The van der Waals surface area contributed by atoms with E-state index in [0.717, 1.165) is 49.1 Å². The minimum atomic E-state index is -0.830. The minimum absolute atomic E-state index is 0.163. The van der Waals surface area contributed by atoms with Crippen LogP contribution in [0.1, 0.15) is 66.7 Å². The van der Waals surface area contributed by atoms with E-state index in [9.17, 15) is 9.65 Å². The molecule has 188 valence electrons. The molecule has 0 amide bonds. The highest BCUT2D eigenvalue weighted by molar-refractivity contribution is 7.16. The van der Waals surface area contributed by atoms with Crippen LogP contribution in [0.4, 0.5) is 9.39 Å². The summed E-state index contributed by atoms with van der Waals surface area (Å²) in [4.78, 5) is 21.1. The fourth-order valence-electron chi connectivity index (χ4n) is 6.12. The van der Waals surface area contributed by atoms with E-state index < -0.39 is 11.6 Å². The maximum absolute atomic E-state index is 14.1. The van der Waals surface area contributed by atoms with Crippen LogP contribution in [-0.4, -0.2) is 61.4 Å². The number of nitrogens with zero attached hydrogens (tertiary/aromatic N) is 7. The van der Waals surface area contributed by atoms with Gasteiger partial charge in [-0.25, -0.2) is 9.37 Å². The van der Waals surface area contributed by atoms with Crippen molar-refractivity contribution in [1.29, 1.82) is 5.26 Å². The number of nitrogens with two attached hydrogens (primary N) is 1. The highest BCUT2D eigenvalue weighted by atomic mass is 32.1. The van der Waals surface area contributed by atoms with Gasteiger partial charge in [-0.05, 0) is 52.5 Å². The fraction of sp³-hybridized carbons (Fsp3) is 0.583. The van der Waals surface area contributed by atoms with E-state index in [-0.39, 0.29) is 23.2 Å². The van der Waals surface area contributed by atoms with Crippen molar-refractivity contribution in [3.8, 4) is 23.7 Å². The summed E-state index contributed by atoms with van der Waals surface area (Å²) in [6.07, 6.45) is 4.13. The van der Waals surface area contributed by atoms with Gasteiger partial charge in [0.05, 0.1) is 16.5 Å². The lowest BCUT2D eigenvalue weighted by Crippen LogP contribution is -2.43. The number of hydrogen-bond donors (Lipinski definition) is 1. The molecule has 1 unspecified atom stereocenters. The first-order valence-electron chi connectivity index (χ1n) is 12.2. The molecule has 2 saturated heterocycles. The summed E-state index contributed by atoms with van der Waals surface area (Å²) >= 11 is 1.46. The molecule has 0 radical (unpaired) electrons. The van der Waals surface area contributed by atoms with Crippen molar-refractivity contribution in [2.24, 2.45) is 0 Å². The number of fused-ring (bicyclic) bond motifs is 2. The van der Waals surface area contributed by atoms with Crippen LogP contribution >= 0.6 is 11.3 Å². The van der Waals surface area contributed by atoms with E-state index in [0.29, 0.717) is 41.9 Å². The second-order valence-corrected chi connectivity index (χ2v) is 11.3. The number of anilines is 1. The molecule has 0 saturated carbocycles. The van der Waals surface area contributed by atoms with Gasteiger partial charge in [-0.3, -0.25) is 4.90 Å². The zero-order chi connectivity index (χ0) is 25.1. The van der Waals surface area contributed by atoms with Crippen molar-refractivity contribution in [3.05, 3.63) is 27.7 Å². The van der Waals surface area contributed by atoms with Crippen LogP contribution in [0.5, 0.6) is 6.01 Å². The number of rotatable bonds is 5. The van der Waals surface area contributed by atoms with Crippen molar-refractivity contribution in [2.75, 3.05) is 25.4 Å². The van der Waals surface area contributed by atoms with Crippen molar-refractivity contribution >= 4 is 16.3 Å². The van der Waals surface area contributed by atoms with Crippen LogP contribution < -0.4 is 10.5 Å². The number of thiophene rings is 1. The number of aromatic nitrogens is 5. The monoisotopic (exact) mass is 510 g/mol. The molecule has 5 heterocycles. The number of nitriles is 1. The lowest BCUT2D eigenvalue weighted by Gasteiger charge is -2.30. The second kappa shape index (κ2) is 8.45. The number of hydrogen-bond acceptors (Lipinski definition) is 11. The molecule has 6 rings (SSSR count). The lowest BCUT2D eigenvalue weighted by atomic mass is 9.72. The van der Waals surface area contributed by atoms with Gasteiger partial charge in [0.2, 0.25) is 17.5 Å². The van der Waals surface area contributed by atoms with Crippen LogP contribution in [-0.2, 0) is 11.8 Å². The van der Waals surface area contributed by atoms with Crippen LogP contribution in [0.3, 0.4) is 0 Å². The minimum Gasteiger partial charge on any atom is -0.461 e. The zero-order valence-corrected chi connectivity index (χ0v) is 21.1. The van der Waals surface area contributed by atoms with E-state index >= 15 is 0 Å². The quantitative estimate of drug-likeness (QED) is 0.543. The van der Waals surface area contributed by atoms with Crippen molar-refractivity contribution in [1.82, 2.24) is 30.0 Å². The molecule has 1 aliphatic carbocycles. The SMILES string of the molecule is Cc1nc(OCC23CCCN2C[C@H](F)C3)nc(-c2noc([C@@]3(C)CCCc4sc(N)c(C#N)c43)n2)n1. The van der Waals surface area contributed by atoms with Crippen LogP contribution in [0.15, 0.2) is 4.52 Å². The molecule has 3 aromatic heterocycles. The highest BCUT2D eigenvalue weighted by Crippen LogP contribution is 2.48. The van der Waals surface area contributed by atoms with Gasteiger partial charge in [0.1, 0.15) is 29.7 Å². The molecule has 0 aromatic carbocycles. The molecule has 3 atom stereocenters. The van der Waals surface area contributed by atoms with E-state index in [1.165, 1.54) is 11.3 Å². The topological polar surface area (TPSA) is 140 Å². The van der Waals surface area contributed by atoms with E-state index in [1.54, 1.807) is 6.92 Å². The van der Waals surface area contributed by atoms with Gasteiger partial charge in [-0.1, -0.05) is 5.16 Å². The Labute approximate surface area is 211 Å². The molecule has 12 heteroatoms. The molecule has 0 bridgehead atoms. The second-order valence-electron chi connectivity index (χ2n) is 10.2. The summed E-state index contributed by atoms with van der Waals surface area (Å²) in [5.74, 6) is 1.32. The van der Waals surface area contributed by atoms with Gasteiger partial charge in [0.25, 0.3) is 0 Å². The maximum Gasteiger partial charge on any atom is 0.320 e.